The van der Waals surface area contributed by atoms with Gasteiger partial charge in [0, 0.05) is 27.7 Å². The highest BCUT2D eigenvalue weighted by Crippen LogP contribution is 2.35. The van der Waals surface area contributed by atoms with Crippen LogP contribution in [0.4, 0.5) is 5.69 Å². The molecule has 4 nitrogen and oxygen atoms in total. The minimum Gasteiger partial charge on any atom is -0.397 e. The summed E-state index contributed by atoms with van der Waals surface area (Å²) in [5.41, 5.74) is 6.62. The maximum Gasteiger partial charge on any atom is 0.263 e. The lowest BCUT2D eigenvalue weighted by Gasteiger charge is -2.08. The van der Waals surface area contributed by atoms with E-state index in [4.69, 9.17) is 10.8 Å². The van der Waals surface area contributed by atoms with Crippen LogP contribution in [0.5, 0.6) is 0 Å². The van der Waals surface area contributed by atoms with Crippen molar-refractivity contribution in [1.29, 1.82) is 0 Å². The number of hydrogen-bond donors (Lipinski definition) is 3. The van der Waals surface area contributed by atoms with Crippen LogP contribution in [0.25, 0.3) is 10.1 Å². The van der Waals surface area contributed by atoms with Gasteiger partial charge in [0.1, 0.15) is 4.88 Å². The average Bonchev–Trinajstić information content (AvgIpc) is 2.80. The van der Waals surface area contributed by atoms with Gasteiger partial charge in [-0.15, -0.1) is 11.3 Å². The van der Waals surface area contributed by atoms with Crippen LogP contribution in [0.1, 0.15) is 29.4 Å². The van der Waals surface area contributed by atoms with Crippen molar-refractivity contribution in [2.45, 2.75) is 19.8 Å². The van der Waals surface area contributed by atoms with Crippen LogP contribution in [0.15, 0.2) is 22.7 Å². The average molecular weight is 371 g/mol. The summed E-state index contributed by atoms with van der Waals surface area (Å²) >= 11 is 4.82. The fourth-order valence-corrected chi connectivity index (χ4v) is 3.46. The fourth-order valence-electron chi connectivity index (χ4n) is 2.08. The molecule has 4 N–H and O–H groups in total. The highest BCUT2D eigenvalue weighted by molar-refractivity contribution is 9.10. The van der Waals surface area contributed by atoms with Gasteiger partial charge in [0.15, 0.2) is 0 Å². The first-order valence-electron chi connectivity index (χ1n) is 6.89. The first-order chi connectivity index (χ1) is 10.0. The molecular weight excluding hydrogens is 352 g/mol. The zero-order valence-electron chi connectivity index (χ0n) is 11.9. The van der Waals surface area contributed by atoms with Gasteiger partial charge >= 0.3 is 0 Å². The number of carbonyl (C=O) groups excluding carboxylic acids is 1. The van der Waals surface area contributed by atoms with Crippen molar-refractivity contribution in [1.82, 2.24) is 5.32 Å². The number of halogens is 1. The quantitative estimate of drug-likeness (QED) is 0.682. The van der Waals surface area contributed by atoms with Gasteiger partial charge in [-0.25, -0.2) is 0 Å². The van der Waals surface area contributed by atoms with Crippen LogP contribution in [0.2, 0.25) is 0 Å². The van der Waals surface area contributed by atoms with Gasteiger partial charge in [0.2, 0.25) is 0 Å². The number of fused-ring (bicyclic) bond motifs is 1. The molecule has 1 aromatic heterocycles. The van der Waals surface area contributed by atoms with E-state index in [1.165, 1.54) is 11.3 Å². The third kappa shape index (κ3) is 3.96. The molecule has 1 unspecified atom stereocenters. The first-order valence-corrected chi connectivity index (χ1v) is 8.50. The lowest BCUT2D eigenvalue weighted by molar-refractivity contribution is 0.0957. The van der Waals surface area contributed by atoms with Crippen molar-refractivity contribution in [3.05, 3.63) is 27.5 Å². The summed E-state index contributed by atoms with van der Waals surface area (Å²) in [6.07, 6.45) is 1.75. The monoisotopic (exact) mass is 370 g/mol. The maximum atomic E-state index is 12.2. The predicted molar refractivity (Wildman–Crippen MR) is 91.8 cm³/mol. The van der Waals surface area contributed by atoms with Crippen LogP contribution < -0.4 is 11.1 Å². The molecular formula is C15H19BrN2O2S. The van der Waals surface area contributed by atoms with Crippen LogP contribution in [-0.4, -0.2) is 24.2 Å². The number of benzene rings is 1. The molecule has 0 saturated carbocycles. The van der Waals surface area contributed by atoms with Crippen LogP contribution in [-0.2, 0) is 0 Å². The molecule has 6 heteroatoms. The number of carbonyl (C=O) groups is 1. The van der Waals surface area contributed by atoms with E-state index in [0.717, 1.165) is 27.4 Å². The van der Waals surface area contributed by atoms with Crippen molar-refractivity contribution in [2.24, 2.45) is 5.92 Å². The van der Waals surface area contributed by atoms with Gasteiger partial charge < -0.3 is 16.2 Å². The number of thiophene rings is 1. The molecule has 1 amide bonds. The molecule has 0 aliphatic rings. The standard InChI is InChI=1S/C15H19BrN2O2S/c1-9(8-19)3-2-6-18-15(20)14-13(17)11-7-10(16)4-5-12(11)21-14/h4-5,7,9,19H,2-3,6,8,17H2,1H3,(H,18,20). The van der Waals surface area contributed by atoms with Crippen molar-refractivity contribution >= 4 is 48.9 Å². The molecule has 0 saturated heterocycles. The van der Waals surface area contributed by atoms with Crippen LogP contribution in [0, 0.1) is 5.92 Å². The van der Waals surface area contributed by atoms with E-state index in [1.807, 2.05) is 25.1 Å². The van der Waals surface area contributed by atoms with Crippen molar-refractivity contribution < 1.29 is 9.90 Å². The molecule has 114 valence electrons. The number of nitrogen functional groups attached to an aromatic ring is 1. The molecule has 0 radical (unpaired) electrons. The summed E-state index contributed by atoms with van der Waals surface area (Å²) in [6, 6.07) is 5.83. The minimum atomic E-state index is -0.124. The lowest BCUT2D eigenvalue weighted by atomic mass is 10.1. The molecule has 0 aliphatic carbocycles. The summed E-state index contributed by atoms with van der Waals surface area (Å²) in [5.74, 6) is 0.148. The summed E-state index contributed by atoms with van der Waals surface area (Å²) in [4.78, 5) is 12.8. The normalized spacial score (nSPS) is 12.5. The third-order valence-corrected chi connectivity index (χ3v) is 5.04. The SMILES string of the molecule is CC(CO)CCCNC(=O)c1sc2ccc(Br)cc2c1N. The number of anilines is 1. The minimum absolute atomic E-state index is 0.124. The Balaban J connectivity index is 2.01. The van der Waals surface area contributed by atoms with Gasteiger partial charge in [0.25, 0.3) is 5.91 Å². The summed E-state index contributed by atoms with van der Waals surface area (Å²) in [6.45, 7) is 2.77. The van der Waals surface area contributed by atoms with Crippen LogP contribution in [0.3, 0.4) is 0 Å². The number of amides is 1. The van der Waals surface area contributed by atoms with Gasteiger partial charge in [-0.05, 0) is 37.0 Å². The van der Waals surface area contributed by atoms with Crippen LogP contribution >= 0.6 is 27.3 Å². The highest BCUT2D eigenvalue weighted by atomic mass is 79.9. The van der Waals surface area contributed by atoms with E-state index in [9.17, 15) is 4.79 Å². The zero-order chi connectivity index (χ0) is 15.4. The van der Waals surface area contributed by atoms with Gasteiger partial charge in [-0.1, -0.05) is 22.9 Å². The van der Waals surface area contributed by atoms with Crippen molar-refractivity contribution in [3.63, 3.8) is 0 Å². The Hall–Kier alpha value is -1.11. The van der Waals surface area contributed by atoms with Gasteiger partial charge in [0.05, 0.1) is 5.69 Å². The zero-order valence-corrected chi connectivity index (χ0v) is 14.3. The number of rotatable bonds is 6. The summed E-state index contributed by atoms with van der Waals surface area (Å²) in [7, 11) is 0. The van der Waals surface area contributed by atoms with E-state index < -0.39 is 0 Å². The molecule has 1 atom stereocenters. The molecule has 1 aromatic carbocycles. The summed E-state index contributed by atoms with van der Waals surface area (Å²) < 4.78 is 1.96. The second-order valence-electron chi connectivity index (χ2n) is 5.17. The predicted octanol–water partition coefficient (Wildman–Crippen LogP) is 3.38. The van der Waals surface area contributed by atoms with E-state index in [2.05, 4.69) is 21.2 Å². The first kappa shape index (κ1) is 16.3. The molecule has 2 rings (SSSR count). The Kier molecular flexibility index (Phi) is 5.61. The Morgan fingerprint density at radius 1 is 1.52 bits per heavy atom. The second kappa shape index (κ2) is 7.24. The number of aliphatic hydroxyl groups is 1. The Labute approximate surface area is 136 Å². The second-order valence-corrected chi connectivity index (χ2v) is 7.14. The van der Waals surface area contributed by atoms with Gasteiger partial charge in [-0.3, -0.25) is 4.79 Å². The topological polar surface area (TPSA) is 75.3 Å². The number of aliphatic hydroxyl groups excluding tert-OH is 1. The number of nitrogens with two attached hydrogens (primary N) is 1. The smallest absolute Gasteiger partial charge is 0.263 e. The molecule has 1 heterocycles. The maximum absolute atomic E-state index is 12.2. The van der Waals surface area contributed by atoms with E-state index in [1.54, 1.807) is 0 Å². The Bertz CT molecular complexity index is 642. The van der Waals surface area contributed by atoms with E-state index in [-0.39, 0.29) is 18.4 Å². The largest absolute Gasteiger partial charge is 0.397 e. The van der Waals surface area contributed by atoms with Gasteiger partial charge in [-0.2, -0.15) is 0 Å². The van der Waals surface area contributed by atoms with Crippen molar-refractivity contribution in [2.75, 3.05) is 18.9 Å². The fraction of sp³-hybridized carbons (Fsp3) is 0.400. The molecule has 21 heavy (non-hydrogen) atoms. The lowest BCUT2D eigenvalue weighted by Crippen LogP contribution is -2.24. The molecule has 2 aromatic rings. The Morgan fingerprint density at radius 2 is 2.29 bits per heavy atom. The van der Waals surface area contributed by atoms with E-state index >= 15 is 0 Å². The molecule has 0 aliphatic heterocycles. The molecule has 0 bridgehead atoms. The Morgan fingerprint density at radius 3 is 3.00 bits per heavy atom. The number of nitrogens with one attached hydrogen (secondary N) is 1. The molecule has 0 spiro atoms. The number of hydrogen-bond acceptors (Lipinski definition) is 4. The highest BCUT2D eigenvalue weighted by Gasteiger charge is 2.16. The third-order valence-electron chi connectivity index (χ3n) is 3.37. The molecule has 0 fully saturated rings. The van der Waals surface area contributed by atoms with Crippen molar-refractivity contribution in [3.8, 4) is 0 Å². The summed E-state index contributed by atoms with van der Waals surface area (Å²) in [5, 5.41) is 12.8. The van der Waals surface area contributed by atoms with E-state index in [0.29, 0.717) is 17.1 Å².